The summed E-state index contributed by atoms with van der Waals surface area (Å²) in [6.45, 7) is 0.378. The van der Waals surface area contributed by atoms with Crippen molar-refractivity contribution in [2.45, 2.75) is 31.1 Å². The van der Waals surface area contributed by atoms with Gasteiger partial charge in [-0.15, -0.1) is 11.3 Å². The molecule has 2 aliphatic rings. The lowest BCUT2D eigenvalue weighted by atomic mass is 9.85. The zero-order valence-electron chi connectivity index (χ0n) is 16.8. The van der Waals surface area contributed by atoms with Crippen molar-refractivity contribution in [1.82, 2.24) is 9.88 Å². The van der Waals surface area contributed by atoms with Gasteiger partial charge in [-0.1, -0.05) is 48.5 Å². The van der Waals surface area contributed by atoms with Crippen LogP contribution >= 0.6 is 11.3 Å². The van der Waals surface area contributed by atoms with Crippen LogP contribution in [0.3, 0.4) is 0 Å². The van der Waals surface area contributed by atoms with Crippen molar-refractivity contribution < 1.29 is 9.59 Å². The maximum atomic E-state index is 13.1. The molecule has 2 aromatic carbocycles. The van der Waals surface area contributed by atoms with Crippen LogP contribution in [0.2, 0.25) is 0 Å². The maximum Gasteiger partial charge on any atom is 0.253 e. The molecule has 2 unspecified atom stereocenters. The molecule has 6 heteroatoms. The molecule has 0 radical (unpaired) electrons. The third-order valence-electron chi connectivity index (χ3n) is 6.13. The summed E-state index contributed by atoms with van der Waals surface area (Å²) in [5.41, 5.74) is 3.88. The molecule has 1 N–H and O–H groups in total. The van der Waals surface area contributed by atoms with Crippen LogP contribution in [-0.4, -0.2) is 35.3 Å². The molecule has 2 amide bonds. The fourth-order valence-corrected chi connectivity index (χ4v) is 5.60. The van der Waals surface area contributed by atoms with E-state index in [-0.39, 0.29) is 17.7 Å². The van der Waals surface area contributed by atoms with Crippen LogP contribution in [0.1, 0.15) is 50.3 Å². The van der Waals surface area contributed by atoms with Gasteiger partial charge in [-0.3, -0.25) is 9.59 Å². The van der Waals surface area contributed by atoms with E-state index in [2.05, 4.69) is 29.6 Å². The summed E-state index contributed by atoms with van der Waals surface area (Å²) in [6, 6.07) is 18.0. The Hall–Kier alpha value is -2.99. The van der Waals surface area contributed by atoms with Gasteiger partial charge in [-0.05, 0) is 42.4 Å². The van der Waals surface area contributed by atoms with E-state index < -0.39 is 0 Å². The lowest BCUT2D eigenvalue weighted by molar-refractivity contribution is -0.117. The molecule has 0 bridgehead atoms. The number of hydrogen-bond donors (Lipinski definition) is 1. The lowest BCUT2D eigenvalue weighted by Gasteiger charge is -2.30. The van der Waals surface area contributed by atoms with E-state index in [1.165, 1.54) is 10.4 Å². The van der Waals surface area contributed by atoms with Crippen LogP contribution in [0.4, 0.5) is 5.13 Å². The standard InChI is InChI=1S/C24H23N3O2S/c1-27-14-19(17-9-5-6-10-18(17)23(27)29)22(28)26-24-25-20-12-11-16(13-21(20)30-24)15-7-3-2-4-8-15/h2-10,16,19H,11-14H2,1H3,(H,25,26,28). The van der Waals surface area contributed by atoms with E-state index in [0.29, 0.717) is 23.2 Å². The number of fused-ring (bicyclic) bond motifs is 2. The molecule has 0 saturated carbocycles. The zero-order chi connectivity index (χ0) is 20.7. The van der Waals surface area contributed by atoms with E-state index in [0.717, 1.165) is 30.5 Å². The van der Waals surface area contributed by atoms with Crippen molar-refractivity contribution in [1.29, 1.82) is 0 Å². The number of carbonyl (C=O) groups is 2. The van der Waals surface area contributed by atoms with Crippen molar-refractivity contribution in [2.75, 3.05) is 18.9 Å². The van der Waals surface area contributed by atoms with Gasteiger partial charge in [0, 0.05) is 24.0 Å². The SMILES string of the molecule is CN1CC(C(=O)Nc2nc3c(s2)CC(c2ccccc2)CC3)c2ccccc2C1=O. The first kappa shape index (κ1) is 19.0. The van der Waals surface area contributed by atoms with Gasteiger partial charge < -0.3 is 10.2 Å². The van der Waals surface area contributed by atoms with E-state index in [1.54, 1.807) is 29.4 Å². The Morgan fingerprint density at radius 3 is 2.73 bits per heavy atom. The second kappa shape index (κ2) is 7.69. The number of nitrogens with zero attached hydrogens (tertiary/aromatic N) is 2. The summed E-state index contributed by atoms with van der Waals surface area (Å²) in [5, 5.41) is 3.69. The summed E-state index contributed by atoms with van der Waals surface area (Å²) in [4.78, 5) is 33.1. The molecule has 5 nitrogen and oxygen atoms in total. The molecule has 0 fully saturated rings. The summed E-state index contributed by atoms with van der Waals surface area (Å²) >= 11 is 1.59. The molecule has 1 aromatic heterocycles. The minimum atomic E-state index is -0.387. The van der Waals surface area contributed by atoms with E-state index in [9.17, 15) is 9.59 Å². The molecule has 3 aromatic rings. The highest BCUT2D eigenvalue weighted by molar-refractivity contribution is 7.15. The fourth-order valence-electron chi connectivity index (χ4n) is 4.51. The third-order valence-corrected chi connectivity index (χ3v) is 7.16. The number of likely N-dealkylation sites (N-methyl/N-ethyl adjacent to an activating group) is 1. The minimum absolute atomic E-state index is 0.0358. The molecule has 5 rings (SSSR count). The number of hydrogen-bond acceptors (Lipinski definition) is 4. The second-order valence-corrected chi connectivity index (χ2v) is 9.14. The first-order valence-corrected chi connectivity index (χ1v) is 11.1. The van der Waals surface area contributed by atoms with Gasteiger partial charge in [0.25, 0.3) is 5.91 Å². The predicted molar refractivity (Wildman–Crippen MR) is 118 cm³/mol. The van der Waals surface area contributed by atoms with Gasteiger partial charge in [0.15, 0.2) is 5.13 Å². The molecule has 2 heterocycles. The second-order valence-electron chi connectivity index (χ2n) is 8.05. The highest BCUT2D eigenvalue weighted by Gasteiger charge is 2.34. The number of nitrogens with one attached hydrogen (secondary N) is 1. The van der Waals surface area contributed by atoms with Crippen molar-refractivity contribution in [2.24, 2.45) is 0 Å². The topological polar surface area (TPSA) is 62.3 Å². The first-order valence-electron chi connectivity index (χ1n) is 10.3. The van der Waals surface area contributed by atoms with Gasteiger partial charge in [-0.25, -0.2) is 4.98 Å². The van der Waals surface area contributed by atoms with Gasteiger partial charge >= 0.3 is 0 Å². The number of thiazole rings is 1. The number of carbonyl (C=O) groups excluding carboxylic acids is 2. The molecule has 152 valence electrons. The molecule has 30 heavy (non-hydrogen) atoms. The Morgan fingerprint density at radius 1 is 1.13 bits per heavy atom. The largest absolute Gasteiger partial charge is 0.341 e. The van der Waals surface area contributed by atoms with Crippen molar-refractivity contribution >= 4 is 28.3 Å². The highest BCUT2D eigenvalue weighted by atomic mass is 32.1. The van der Waals surface area contributed by atoms with Crippen molar-refractivity contribution in [3.8, 4) is 0 Å². The molecular formula is C24H23N3O2S. The van der Waals surface area contributed by atoms with Crippen LogP contribution < -0.4 is 5.32 Å². The van der Waals surface area contributed by atoms with Crippen LogP contribution in [0, 0.1) is 0 Å². The number of aromatic nitrogens is 1. The Bertz CT molecular complexity index is 1110. The Kier molecular flexibility index (Phi) is 4.87. The van der Waals surface area contributed by atoms with Gasteiger partial charge in [-0.2, -0.15) is 0 Å². The summed E-state index contributed by atoms with van der Waals surface area (Å²) in [6.07, 6.45) is 2.98. The third kappa shape index (κ3) is 3.41. The zero-order valence-corrected chi connectivity index (χ0v) is 17.6. The number of amides is 2. The van der Waals surface area contributed by atoms with Crippen LogP contribution in [0.5, 0.6) is 0 Å². The van der Waals surface area contributed by atoms with E-state index in [4.69, 9.17) is 4.98 Å². The van der Waals surface area contributed by atoms with Gasteiger partial charge in [0.1, 0.15) is 0 Å². The number of anilines is 1. The van der Waals surface area contributed by atoms with E-state index in [1.807, 2.05) is 24.3 Å². The highest BCUT2D eigenvalue weighted by Crippen LogP contribution is 2.37. The van der Waals surface area contributed by atoms with Gasteiger partial charge in [0.2, 0.25) is 5.91 Å². The van der Waals surface area contributed by atoms with Crippen LogP contribution in [-0.2, 0) is 17.6 Å². The number of benzene rings is 2. The molecule has 0 saturated heterocycles. The average Bonchev–Trinajstić information content (AvgIpc) is 3.18. The maximum absolute atomic E-state index is 13.1. The fraction of sp³-hybridized carbons (Fsp3) is 0.292. The van der Waals surface area contributed by atoms with E-state index >= 15 is 0 Å². The van der Waals surface area contributed by atoms with Crippen LogP contribution in [0.25, 0.3) is 0 Å². The molecular weight excluding hydrogens is 394 g/mol. The number of aryl methyl sites for hydroxylation is 1. The first-order chi connectivity index (χ1) is 14.6. The Morgan fingerprint density at radius 2 is 1.90 bits per heavy atom. The van der Waals surface area contributed by atoms with Crippen molar-refractivity contribution in [3.05, 3.63) is 81.9 Å². The quantitative estimate of drug-likeness (QED) is 0.694. The lowest BCUT2D eigenvalue weighted by Crippen LogP contribution is -2.41. The smallest absolute Gasteiger partial charge is 0.253 e. The number of rotatable bonds is 3. The predicted octanol–water partition coefficient (Wildman–Crippen LogP) is 4.22. The van der Waals surface area contributed by atoms with Gasteiger partial charge in [0.05, 0.1) is 11.6 Å². The average molecular weight is 418 g/mol. The molecule has 1 aliphatic carbocycles. The molecule has 2 atom stereocenters. The normalized spacial score (nSPS) is 20.4. The molecule has 0 spiro atoms. The Labute approximate surface area is 179 Å². The summed E-state index contributed by atoms with van der Waals surface area (Å²) < 4.78 is 0. The monoisotopic (exact) mass is 417 g/mol. The molecule has 1 aliphatic heterocycles. The Balaban J connectivity index is 1.34. The summed E-state index contributed by atoms with van der Waals surface area (Å²) in [5.74, 6) is -0.0201. The van der Waals surface area contributed by atoms with Crippen molar-refractivity contribution in [3.63, 3.8) is 0 Å². The minimum Gasteiger partial charge on any atom is -0.341 e. The van der Waals surface area contributed by atoms with Crippen LogP contribution in [0.15, 0.2) is 54.6 Å². The summed E-state index contributed by atoms with van der Waals surface area (Å²) in [7, 11) is 1.74.